The number of hydrogen-bond donors (Lipinski definition) is 3. The van der Waals surface area contributed by atoms with E-state index in [1.54, 1.807) is 6.33 Å². The van der Waals surface area contributed by atoms with E-state index in [9.17, 15) is 0 Å². The van der Waals surface area contributed by atoms with Crippen LogP contribution in [-0.4, -0.2) is 29.7 Å². The highest BCUT2D eigenvalue weighted by Crippen LogP contribution is 2.17. The summed E-state index contributed by atoms with van der Waals surface area (Å²) in [5.74, 6) is 1.05. The lowest BCUT2D eigenvalue weighted by atomic mass is 10.2. The second-order valence-corrected chi connectivity index (χ2v) is 5.05. The molecule has 8 heteroatoms. The van der Waals surface area contributed by atoms with Crippen molar-refractivity contribution >= 4 is 17.0 Å². The Hall–Kier alpha value is -2.48. The zero-order valence-electron chi connectivity index (χ0n) is 12.3. The fraction of sp³-hybridized carbons (Fsp3) is 0.385. The van der Waals surface area contributed by atoms with Crippen molar-refractivity contribution in [1.82, 2.24) is 35.0 Å². The van der Waals surface area contributed by atoms with Gasteiger partial charge in [-0.05, 0) is 13.8 Å². The molecular formula is C13H18N8. The van der Waals surface area contributed by atoms with Crippen LogP contribution in [0.4, 0.5) is 5.82 Å². The number of nitrogens with one attached hydrogen (secondary N) is 2. The molecule has 1 unspecified atom stereocenters. The van der Waals surface area contributed by atoms with Crippen LogP contribution in [0.15, 0.2) is 12.5 Å². The molecule has 21 heavy (non-hydrogen) atoms. The Kier molecular flexibility index (Phi) is 3.30. The van der Waals surface area contributed by atoms with Gasteiger partial charge in [0.1, 0.15) is 11.3 Å². The van der Waals surface area contributed by atoms with Gasteiger partial charge in [-0.3, -0.25) is 4.68 Å². The fourth-order valence-corrected chi connectivity index (χ4v) is 2.14. The maximum absolute atomic E-state index is 5.91. The summed E-state index contributed by atoms with van der Waals surface area (Å²) >= 11 is 0. The molecule has 0 aliphatic carbocycles. The van der Waals surface area contributed by atoms with Gasteiger partial charge in [0.15, 0.2) is 11.5 Å². The van der Waals surface area contributed by atoms with Crippen molar-refractivity contribution in [2.24, 2.45) is 7.05 Å². The van der Waals surface area contributed by atoms with E-state index in [2.05, 4.69) is 30.4 Å². The molecule has 0 spiro atoms. The van der Waals surface area contributed by atoms with Crippen molar-refractivity contribution in [3.8, 4) is 0 Å². The van der Waals surface area contributed by atoms with E-state index in [1.807, 2.05) is 31.8 Å². The van der Waals surface area contributed by atoms with Crippen LogP contribution in [-0.2, 0) is 13.6 Å². The third-order valence-electron chi connectivity index (χ3n) is 3.65. The van der Waals surface area contributed by atoms with Crippen molar-refractivity contribution < 1.29 is 0 Å². The van der Waals surface area contributed by atoms with E-state index in [0.717, 1.165) is 11.3 Å². The van der Waals surface area contributed by atoms with Crippen LogP contribution >= 0.6 is 0 Å². The second kappa shape index (κ2) is 5.13. The molecule has 0 saturated heterocycles. The number of hydrogen-bond acceptors (Lipinski definition) is 6. The number of aromatic amines is 1. The van der Waals surface area contributed by atoms with Gasteiger partial charge < -0.3 is 16.0 Å². The molecule has 8 nitrogen and oxygen atoms in total. The molecule has 0 bridgehead atoms. The predicted octanol–water partition coefficient (Wildman–Crippen LogP) is 0.828. The average Bonchev–Trinajstić information content (AvgIpc) is 3.05. The summed E-state index contributed by atoms with van der Waals surface area (Å²) in [6, 6.07) is -0.0343. The Bertz CT molecular complexity index is 772. The Morgan fingerprint density at radius 2 is 2.24 bits per heavy atom. The highest BCUT2D eigenvalue weighted by Gasteiger charge is 2.14. The number of aromatic nitrogens is 6. The van der Waals surface area contributed by atoms with Crippen LogP contribution in [0, 0.1) is 6.92 Å². The smallest absolute Gasteiger partial charge is 0.183 e. The summed E-state index contributed by atoms with van der Waals surface area (Å²) in [4.78, 5) is 15.8. The number of anilines is 1. The van der Waals surface area contributed by atoms with E-state index in [1.165, 1.54) is 0 Å². The standard InChI is InChI=1S/C13H18N8/c1-7(15-4-9-5-18-21(3)8(9)2)12-19-11(14)10-13(20-12)17-6-16-10/h5-7,15H,4H2,1-3H3,(H3,14,16,17,19,20). The lowest BCUT2D eigenvalue weighted by molar-refractivity contribution is 0.547. The third kappa shape index (κ3) is 2.45. The molecule has 3 aromatic rings. The van der Waals surface area contributed by atoms with Crippen LogP contribution in [0.2, 0.25) is 0 Å². The zero-order valence-corrected chi connectivity index (χ0v) is 12.3. The molecule has 0 aliphatic rings. The van der Waals surface area contributed by atoms with Crippen LogP contribution in [0.25, 0.3) is 11.2 Å². The monoisotopic (exact) mass is 286 g/mol. The molecule has 3 aromatic heterocycles. The second-order valence-electron chi connectivity index (χ2n) is 5.05. The number of nitrogens with two attached hydrogens (primary N) is 1. The molecule has 0 fully saturated rings. The molecular weight excluding hydrogens is 268 g/mol. The summed E-state index contributed by atoms with van der Waals surface area (Å²) in [5.41, 5.74) is 9.46. The fourth-order valence-electron chi connectivity index (χ4n) is 2.14. The van der Waals surface area contributed by atoms with Crippen LogP contribution in [0.5, 0.6) is 0 Å². The lowest BCUT2D eigenvalue weighted by Gasteiger charge is -2.12. The molecule has 4 N–H and O–H groups in total. The van der Waals surface area contributed by atoms with E-state index >= 15 is 0 Å². The highest BCUT2D eigenvalue weighted by atomic mass is 15.3. The van der Waals surface area contributed by atoms with E-state index < -0.39 is 0 Å². The van der Waals surface area contributed by atoms with Gasteiger partial charge in [-0.25, -0.2) is 15.0 Å². The average molecular weight is 286 g/mol. The van der Waals surface area contributed by atoms with Gasteiger partial charge in [-0.1, -0.05) is 0 Å². The molecule has 3 heterocycles. The number of nitrogens with zero attached hydrogens (tertiary/aromatic N) is 5. The first kappa shape index (κ1) is 13.5. The predicted molar refractivity (Wildman–Crippen MR) is 79.3 cm³/mol. The minimum Gasteiger partial charge on any atom is -0.382 e. The van der Waals surface area contributed by atoms with E-state index in [-0.39, 0.29) is 6.04 Å². The maximum Gasteiger partial charge on any atom is 0.183 e. The van der Waals surface area contributed by atoms with Gasteiger partial charge in [0.2, 0.25) is 0 Å². The van der Waals surface area contributed by atoms with Gasteiger partial charge >= 0.3 is 0 Å². The van der Waals surface area contributed by atoms with Gasteiger partial charge in [-0.2, -0.15) is 5.10 Å². The van der Waals surface area contributed by atoms with Crippen molar-refractivity contribution in [2.75, 3.05) is 5.73 Å². The van der Waals surface area contributed by atoms with Gasteiger partial charge in [0, 0.05) is 24.8 Å². The molecule has 0 aliphatic heterocycles. The Labute approximate surface area is 121 Å². The van der Waals surface area contributed by atoms with Gasteiger partial charge in [-0.15, -0.1) is 0 Å². The Morgan fingerprint density at radius 1 is 1.43 bits per heavy atom. The molecule has 3 rings (SSSR count). The molecule has 0 aromatic carbocycles. The third-order valence-corrected chi connectivity index (χ3v) is 3.65. The number of imidazole rings is 1. The molecule has 0 saturated carbocycles. The summed E-state index contributed by atoms with van der Waals surface area (Å²) in [6.45, 7) is 4.74. The zero-order chi connectivity index (χ0) is 15.0. The number of aryl methyl sites for hydroxylation is 1. The topological polar surface area (TPSA) is 110 Å². The molecule has 0 amide bonds. The first-order chi connectivity index (χ1) is 10.1. The van der Waals surface area contributed by atoms with E-state index in [4.69, 9.17) is 5.73 Å². The molecule has 0 radical (unpaired) electrons. The summed E-state index contributed by atoms with van der Waals surface area (Å²) < 4.78 is 1.85. The molecule has 110 valence electrons. The summed E-state index contributed by atoms with van der Waals surface area (Å²) in [7, 11) is 1.93. The highest BCUT2D eigenvalue weighted by molar-refractivity contribution is 5.80. The summed E-state index contributed by atoms with van der Waals surface area (Å²) in [5, 5.41) is 7.61. The first-order valence-corrected chi connectivity index (χ1v) is 6.73. The normalized spacial score (nSPS) is 12.9. The summed E-state index contributed by atoms with van der Waals surface area (Å²) in [6.07, 6.45) is 3.43. The number of H-pyrrole nitrogens is 1. The maximum atomic E-state index is 5.91. The van der Waals surface area contributed by atoms with Crippen LogP contribution < -0.4 is 11.1 Å². The SMILES string of the molecule is Cc1c(CNC(C)c2nc(N)c3[nH]cnc3n2)cnn1C. The molecule has 1 atom stereocenters. The largest absolute Gasteiger partial charge is 0.382 e. The van der Waals surface area contributed by atoms with Crippen LogP contribution in [0.3, 0.4) is 0 Å². The van der Waals surface area contributed by atoms with Gasteiger partial charge in [0.05, 0.1) is 18.6 Å². The Balaban J connectivity index is 1.77. The minimum atomic E-state index is -0.0343. The van der Waals surface area contributed by atoms with Crippen molar-refractivity contribution in [3.63, 3.8) is 0 Å². The number of nitrogen functional groups attached to an aromatic ring is 1. The quantitative estimate of drug-likeness (QED) is 0.655. The first-order valence-electron chi connectivity index (χ1n) is 6.73. The van der Waals surface area contributed by atoms with Crippen molar-refractivity contribution in [3.05, 3.63) is 29.6 Å². The number of fused-ring (bicyclic) bond motifs is 1. The van der Waals surface area contributed by atoms with Crippen molar-refractivity contribution in [2.45, 2.75) is 26.4 Å². The number of rotatable bonds is 4. The van der Waals surface area contributed by atoms with Gasteiger partial charge in [0.25, 0.3) is 0 Å². The van der Waals surface area contributed by atoms with E-state index in [0.29, 0.717) is 29.4 Å². The van der Waals surface area contributed by atoms with Crippen molar-refractivity contribution in [1.29, 1.82) is 0 Å². The lowest BCUT2D eigenvalue weighted by Crippen LogP contribution is -2.21. The minimum absolute atomic E-state index is 0.0343. The van der Waals surface area contributed by atoms with Crippen LogP contribution in [0.1, 0.15) is 30.0 Å². The Morgan fingerprint density at radius 3 is 2.95 bits per heavy atom.